The quantitative estimate of drug-likeness (QED) is 0.148. The molecule has 6 nitrogen and oxygen atoms in total. The third-order valence-electron chi connectivity index (χ3n) is 19.4. The normalized spacial score (nSPS) is 12.9. The molecule has 0 N–H and O–H groups in total. The van der Waals surface area contributed by atoms with Gasteiger partial charge in [0.1, 0.15) is 42.3 Å². The number of nitrogens with zero attached hydrogens (tertiary/aromatic N) is 6. The van der Waals surface area contributed by atoms with Gasteiger partial charge in [-0.2, -0.15) is 27.4 Å². The molecular weight excluding hydrogens is 1240 g/mol. The number of hydrogen-bond donors (Lipinski definition) is 0. The van der Waals surface area contributed by atoms with Crippen molar-refractivity contribution in [2.45, 2.75) is 166 Å². The minimum atomic E-state index is -2.21. The van der Waals surface area contributed by atoms with Gasteiger partial charge in [-0.1, -0.05) is 107 Å². The maximum absolute atomic E-state index is 7.69. The largest absolute Gasteiger partial charge is 0.213 e. The zero-order chi connectivity index (χ0) is 85.5. The number of aromatic nitrogens is 6. The average Bonchev–Trinajstić information content (AvgIpc) is 0.798. The minimum absolute atomic E-state index is 0.256. The van der Waals surface area contributed by atoms with Crippen LogP contribution in [0.25, 0.3) is 67.5 Å². The predicted molar refractivity (Wildman–Crippen MR) is 432 cm³/mol. The van der Waals surface area contributed by atoms with E-state index in [1.165, 1.54) is 106 Å². The van der Waals surface area contributed by atoms with Crippen molar-refractivity contribution in [1.82, 2.24) is 0 Å². The molecule has 0 unspecified atom stereocenters. The molecule has 528 valence electrons. The summed E-state index contributed by atoms with van der Waals surface area (Å²) in [5.41, 5.74) is 38.9. The van der Waals surface area contributed by atoms with E-state index in [1.54, 1.807) is 57.1 Å². The Morgan fingerprint density at radius 2 is 0.431 bits per heavy atom. The fourth-order valence-electron chi connectivity index (χ4n) is 13.3. The molecule has 0 saturated carbocycles. The molecule has 0 saturated heterocycles. The van der Waals surface area contributed by atoms with Gasteiger partial charge in [-0.25, -0.2) is 0 Å². The van der Waals surface area contributed by atoms with E-state index in [1.807, 2.05) is 79.9 Å². The van der Waals surface area contributed by atoms with Crippen molar-refractivity contribution in [2.75, 3.05) is 0 Å². The Morgan fingerprint density at radius 1 is 0.186 bits per heavy atom. The van der Waals surface area contributed by atoms with Gasteiger partial charge in [-0.3, -0.25) is 0 Å². The van der Waals surface area contributed by atoms with Crippen molar-refractivity contribution in [3.05, 3.63) is 316 Å². The molecule has 6 aromatic carbocycles. The Labute approximate surface area is 632 Å². The monoisotopic (exact) mass is 1370 g/mol. The summed E-state index contributed by atoms with van der Waals surface area (Å²) in [6.45, 7) is 33.1. The van der Waals surface area contributed by atoms with Gasteiger partial charge >= 0.3 is 0 Å². The van der Waals surface area contributed by atoms with Crippen molar-refractivity contribution >= 4 is 0 Å². The lowest BCUT2D eigenvalue weighted by molar-refractivity contribution is -0.666. The second-order valence-electron chi connectivity index (χ2n) is 28.5. The van der Waals surface area contributed by atoms with E-state index in [-0.39, 0.29) is 11.3 Å². The zero-order valence-electron chi connectivity index (χ0n) is 78.0. The lowest BCUT2D eigenvalue weighted by Gasteiger charge is -2.10. The van der Waals surface area contributed by atoms with Crippen LogP contribution in [0.2, 0.25) is 0 Å². The summed E-state index contributed by atoms with van der Waals surface area (Å²) < 4.78 is 104. The van der Waals surface area contributed by atoms with Gasteiger partial charge < -0.3 is 0 Å². The van der Waals surface area contributed by atoms with Crippen molar-refractivity contribution in [2.24, 2.45) is 42.3 Å². The second-order valence-corrected chi connectivity index (χ2v) is 28.5. The summed E-state index contributed by atoms with van der Waals surface area (Å²) in [6, 6.07) is 61.7. The smallest absolute Gasteiger partial charge is 0.199 e. The van der Waals surface area contributed by atoms with Gasteiger partial charge in [0.15, 0.2) is 34.2 Å². The molecular formula is C96H120N6+6. The molecule has 6 aromatic heterocycles. The molecule has 0 aliphatic rings. The van der Waals surface area contributed by atoms with Crippen molar-refractivity contribution in [3.8, 4) is 67.5 Å². The molecule has 12 rings (SSSR count). The third-order valence-corrected chi connectivity index (χ3v) is 19.4. The molecule has 0 aliphatic heterocycles. The highest BCUT2D eigenvalue weighted by Gasteiger charge is 2.22. The van der Waals surface area contributed by atoms with Crippen LogP contribution in [0, 0.1) is 166 Å². The van der Waals surface area contributed by atoms with Crippen LogP contribution < -0.4 is 27.4 Å². The van der Waals surface area contributed by atoms with E-state index in [4.69, 9.17) is 16.4 Å². The molecule has 0 atom stereocenters. The molecule has 102 heavy (non-hydrogen) atoms. The van der Waals surface area contributed by atoms with Crippen molar-refractivity contribution in [3.63, 3.8) is 0 Å². The van der Waals surface area contributed by atoms with Crippen LogP contribution in [-0.2, 0) is 42.3 Å². The molecule has 0 spiro atoms. The fourth-order valence-corrected chi connectivity index (χ4v) is 13.3. The van der Waals surface area contributed by atoms with Crippen molar-refractivity contribution < 1.29 is 43.9 Å². The summed E-state index contributed by atoms with van der Waals surface area (Å²) in [4.78, 5) is 0. The Kier molecular flexibility index (Phi) is 21.5. The van der Waals surface area contributed by atoms with Crippen molar-refractivity contribution in [1.29, 1.82) is 0 Å². The maximum Gasteiger partial charge on any atom is 0.213 e. The second kappa shape index (κ2) is 34.7. The third kappa shape index (κ3) is 19.8. The van der Waals surface area contributed by atoms with E-state index >= 15 is 0 Å². The first-order valence-corrected chi connectivity index (χ1v) is 35.2. The van der Waals surface area contributed by atoms with E-state index in [0.29, 0.717) is 11.4 Å². The molecule has 0 amide bonds. The Balaban J connectivity index is 0.000000190. The first-order valence-electron chi connectivity index (χ1n) is 41.2. The fraction of sp³-hybridized carbons (Fsp3) is 0.312. The Hall–Kier alpha value is -9.78. The van der Waals surface area contributed by atoms with Gasteiger partial charge in [-0.05, 0) is 227 Å². The van der Waals surface area contributed by atoms with E-state index < -0.39 is 27.4 Å². The van der Waals surface area contributed by atoms with Gasteiger partial charge in [0.05, 0.1) is 11.1 Å². The van der Waals surface area contributed by atoms with Crippen LogP contribution in [0.3, 0.4) is 0 Å². The predicted octanol–water partition coefficient (Wildman–Crippen LogP) is 20.5. The molecule has 0 bridgehead atoms. The highest BCUT2D eigenvalue weighted by atomic mass is 15.0. The van der Waals surface area contributed by atoms with Crippen LogP contribution in [0.15, 0.2) is 182 Å². The Morgan fingerprint density at radius 3 is 0.745 bits per heavy atom. The summed E-state index contributed by atoms with van der Waals surface area (Å²) in [5.74, 6) is 0. The molecule has 6 heterocycles. The summed E-state index contributed by atoms with van der Waals surface area (Å²) in [7, 11) is 11.7. The minimum Gasteiger partial charge on any atom is -0.199 e. The topological polar surface area (TPSA) is 23.3 Å². The number of benzene rings is 6. The van der Waals surface area contributed by atoms with Gasteiger partial charge in [-0.15, -0.1) is 0 Å². The number of hydrogen-bond acceptors (Lipinski definition) is 0. The zero-order valence-corrected chi connectivity index (χ0v) is 66.0. The first kappa shape index (κ1) is 63.2. The van der Waals surface area contributed by atoms with E-state index in [0.717, 1.165) is 72.7 Å². The lowest BCUT2D eigenvalue weighted by atomic mass is 9.98. The summed E-state index contributed by atoms with van der Waals surface area (Å²) in [5, 5.41) is 0. The first-order chi connectivity index (χ1) is 52.8. The lowest BCUT2D eigenvalue weighted by Crippen LogP contribution is -2.35. The SMILES string of the molecule is Cc1cc(C)[n+](C)c(-c2c(C)cccc2C)c1.Cc1ccc(-c2cc(C)cc(C)[n+]2C)c(C)c1.Cc1ccc(C)c(-c2cc(C)cc(C)[n+]2C)c1.[2H]C([2H])([2H])c1cc(C)cc(-c2c(C)cccc2C)[n+]1C.[2H]C([2H])([2H])c1cc(C)cc(-c2cc(C)ccc2C)[n+]1C.[2H]C([2H])([2H])c1ccc(-c2cc(C)cc(C([2H])([2H])[2H])[n+]2C)c(C)c1. The van der Waals surface area contributed by atoms with Gasteiger partial charge in [0, 0.05) is 153 Å². The summed E-state index contributed by atoms with van der Waals surface area (Å²) >= 11 is 0. The maximum atomic E-state index is 7.69. The van der Waals surface area contributed by atoms with Crippen LogP contribution in [0.5, 0.6) is 0 Å². The van der Waals surface area contributed by atoms with Gasteiger partial charge in [0.25, 0.3) is 0 Å². The number of rotatable bonds is 6. The number of aryl methyl sites for hydroxylation is 24. The molecule has 0 radical (unpaired) electrons. The highest BCUT2D eigenvalue weighted by molar-refractivity contribution is 5.68. The van der Waals surface area contributed by atoms with Crippen LogP contribution in [-0.4, -0.2) is 0 Å². The molecule has 0 aliphatic carbocycles. The molecule has 6 heteroatoms. The molecule has 0 fully saturated rings. The average molecular weight is 1370 g/mol. The number of pyridine rings is 6. The van der Waals surface area contributed by atoms with Crippen LogP contribution in [0.1, 0.15) is 151 Å². The van der Waals surface area contributed by atoms with E-state index in [2.05, 4.69) is 253 Å². The highest BCUT2D eigenvalue weighted by Crippen LogP contribution is 2.30. The van der Waals surface area contributed by atoms with E-state index in [9.17, 15) is 0 Å². The summed E-state index contributed by atoms with van der Waals surface area (Å²) in [6.07, 6.45) is 0. The Bertz CT molecular complexity index is 5480. The molecule has 12 aromatic rings. The van der Waals surface area contributed by atoms with Crippen LogP contribution >= 0.6 is 0 Å². The van der Waals surface area contributed by atoms with Gasteiger partial charge in [0.2, 0.25) is 34.2 Å². The standard InChI is InChI=1S/6C16H20N/c2*1-11-6-7-13(3)15(9-11)16-10-12(2)8-14(4)17(16)5;2*1-11-6-7-15(13(3)8-11)16-10-12(2)9-14(4)17(16)5;2*1-11-9-14(4)17(5)15(10-11)16-12(2)7-6-8-13(16)3/h6*6-10H,1-5H3/q6*+1/i4D3;;1D3,4D3;;4D3;. The van der Waals surface area contributed by atoms with Crippen LogP contribution in [0.4, 0.5) is 0 Å².